The quantitative estimate of drug-likeness (QED) is 0.692. The van der Waals surface area contributed by atoms with Crippen LogP contribution in [0.2, 0.25) is 0 Å². The molecule has 0 aromatic carbocycles. The van der Waals surface area contributed by atoms with Crippen molar-refractivity contribution in [3.63, 3.8) is 0 Å². The van der Waals surface area contributed by atoms with Crippen LogP contribution in [0.25, 0.3) is 0 Å². The normalized spacial score (nSPS) is 13.8. The highest BCUT2D eigenvalue weighted by Crippen LogP contribution is 2.17. The van der Waals surface area contributed by atoms with Gasteiger partial charge in [0.15, 0.2) is 0 Å². The second-order valence-electron chi connectivity index (χ2n) is 7.18. The molecule has 25 heavy (non-hydrogen) atoms. The van der Waals surface area contributed by atoms with Crippen LogP contribution in [0.4, 0.5) is 0 Å². The van der Waals surface area contributed by atoms with Crippen LogP contribution < -0.4 is 11.1 Å². The summed E-state index contributed by atoms with van der Waals surface area (Å²) in [6, 6.07) is 10.9. The molecular weight excluding hydrogens is 308 g/mol. The Morgan fingerprint density at radius 3 is 2.48 bits per heavy atom. The third-order valence-corrected chi connectivity index (χ3v) is 4.43. The summed E-state index contributed by atoms with van der Waals surface area (Å²) in [6.07, 6.45) is 7.82. The molecule has 2 atom stereocenters. The Bertz CT molecular complexity index is 612. The summed E-state index contributed by atoms with van der Waals surface area (Å²) in [7, 11) is 0. The van der Waals surface area contributed by atoms with Crippen LogP contribution in [0.1, 0.15) is 56.6 Å². The number of nitrogens with two attached hydrogens (primary N) is 1. The van der Waals surface area contributed by atoms with Crippen molar-refractivity contribution < 1.29 is 0 Å². The molecular formula is C21H32N4. The Labute approximate surface area is 152 Å². The lowest BCUT2D eigenvalue weighted by atomic mass is 9.96. The topological polar surface area (TPSA) is 63.8 Å². The molecule has 136 valence electrons. The zero-order chi connectivity index (χ0) is 18.1. The fraction of sp³-hybridized carbons (Fsp3) is 0.524. The van der Waals surface area contributed by atoms with Gasteiger partial charge in [0.25, 0.3) is 0 Å². The third kappa shape index (κ3) is 6.56. The molecule has 0 spiro atoms. The van der Waals surface area contributed by atoms with Crippen molar-refractivity contribution in [2.24, 2.45) is 11.7 Å². The fourth-order valence-corrected chi connectivity index (χ4v) is 3.19. The van der Waals surface area contributed by atoms with Gasteiger partial charge < -0.3 is 11.1 Å². The SMILES string of the molecule is CC(C)Cc1cccnc1CC(CCCN)NC(C)c1ccccn1. The van der Waals surface area contributed by atoms with Crippen LogP contribution in [-0.2, 0) is 12.8 Å². The monoisotopic (exact) mass is 340 g/mol. The molecule has 0 saturated heterocycles. The highest BCUT2D eigenvalue weighted by atomic mass is 15.0. The molecule has 2 unspecified atom stereocenters. The highest BCUT2D eigenvalue weighted by molar-refractivity contribution is 5.21. The van der Waals surface area contributed by atoms with E-state index in [0.29, 0.717) is 12.0 Å². The average Bonchev–Trinajstić information content (AvgIpc) is 2.61. The van der Waals surface area contributed by atoms with Crippen LogP contribution in [0.5, 0.6) is 0 Å². The van der Waals surface area contributed by atoms with Crippen molar-refractivity contribution in [1.82, 2.24) is 15.3 Å². The van der Waals surface area contributed by atoms with E-state index in [-0.39, 0.29) is 6.04 Å². The Morgan fingerprint density at radius 1 is 1.00 bits per heavy atom. The number of hydrogen-bond donors (Lipinski definition) is 2. The van der Waals surface area contributed by atoms with Gasteiger partial charge >= 0.3 is 0 Å². The smallest absolute Gasteiger partial charge is 0.0570 e. The first-order valence-corrected chi connectivity index (χ1v) is 9.40. The van der Waals surface area contributed by atoms with Gasteiger partial charge in [-0.25, -0.2) is 0 Å². The molecule has 2 rings (SSSR count). The summed E-state index contributed by atoms with van der Waals surface area (Å²) in [4.78, 5) is 9.15. The van der Waals surface area contributed by atoms with Crippen LogP contribution in [-0.4, -0.2) is 22.6 Å². The zero-order valence-corrected chi connectivity index (χ0v) is 15.8. The standard InChI is InChI=1S/C21H32N4/c1-16(2)14-18-8-7-13-24-21(18)15-19(9-6-11-22)25-17(3)20-10-4-5-12-23-20/h4-5,7-8,10,12-13,16-17,19,25H,6,9,11,14-15,22H2,1-3H3. The van der Waals surface area contributed by atoms with Crippen LogP contribution in [0.15, 0.2) is 42.7 Å². The summed E-state index contributed by atoms with van der Waals surface area (Å²) in [5.41, 5.74) is 9.40. The Balaban J connectivity index is 2.10. The number of nitrogens with zero attached hydrogens (tertiary/aromatic N) is 2. The maximum Gasteiger partial charge on any atom is 0.0570 e. The van der Waals surface area contributed by atoms with E-state index in [1.807, 2.05) is 30.6 Å². The lowest BCUT2D eigenvalue weighted by Gasteiger charge is -2.24. The van der Waals surface area contributed by atoms with Crippen LogP contribution >= 0.6 is 0 Å². The largest absolute Gasteiger partial charge is 0.330 e. The predicted octanol–water partition coefficient (Wildman–Crippen LogP) is 3.68. The first-order chi connectivity index (χ1) is 12.1. The number of aromatic nitrogens is 2. The zero-order valence-electron chi connectivity index (χ0n) is 15.8. The molecule has 4 heteroatoms. The molecule has 2 aromatic rings. The number of pyridine rings is 2. The van der Waals surface area contributed by atoms with Gasteiger partial charge in [0.05, 0.1) is 5.69 Å². The Morgan fingerprint density at radius 2 is 1.80 bits per heavy atom. The van der Waals surface area contributed by atoms with Gasteiger partial charge in [-0.3, -0.25) is 9.97 Å². The second kappa shape index (κ2) is 10.3. The van der Waals surface area contributed by atoms with E-state index < -0.39 is 0 Å². The van der Waals surface area contributed by atoms with Gasteiger partial charge in [-0.15, -0.1) is 0 Å². The summed E-state index contributed by atoms with van der Waals surface area (Å²) < 4.78 is 0. The molecule has 0 saturated carbocycles. The number of hydrogen-bond acceptors (Lipinski definition) is 4. The summed E-state index contributed by atoms with van der Waals surface area (Å²) in [5.74, 6) is 0.630. The van der Waals surface area contributed by atoms with Gasteiger partial charge in [0, 0.05) is 36.6 Å². The Hall–Kier alpha value is -1.78. The maximum absolute atomic E-state index is 5.75. The molecule has 3 N–H and O–H groups in total. The van der Waals surface area contributed by atoms with E-state index in [1.165, 1.54) is 11.3 Å². The third-order valence-electron chi connectivity index (χ3n) is 4.43. The van der Waals surface area contributed by atoms with Gasteiger partial charge in [0.2, 0.25) is 0 Å². The molecule has 0 fully saturated rings. The summed E-state index contributed by atoms with van der Waals surface area (Å²) >= 11 is 0. The minimum Gasteiger partial charge on any atom is -0.330 e. The molecule has 4 nitrogen and oxygen atoms in total. The van der Waals surface area contributed by atoms with Crippen molar-refractivity contribution in [1.29, 1.82) is 0 Å². The van der Waals surface area contributed by atoms with E-state index in [2.05, 4.69) is 48.2 Å². The van der Waals surface area contributed by atoms with Crippen LogP contribution in [0, 0.1) is 5.92 Å². The molecule has 0 radical (unpaired) electrons. The molecule has 0 aliphatic rings. The minimum atomic E-state index is 0.209. The lowest BCUT2D eigenvalue weighted by Crippen LogP contribution is -2.35. The van der Waals surface area contributed by atoms with Crippen molar-refractivity contribution in [3.05, 3.63) is 59.7 Å². The van der Waals surface area contributed by atoms with Crippen LogP contribution in [0.3, 0.4) is 0 Å². The molecule has 0 amide bonds. The van der Waals surface area contributed by atoms with Gasteiger partial charge in [0.1, 0.15) is 0 Å². The minimum absolute atomic E-state index is 0.209. The first-order valence-electron chi connectivity index (χ1n) is 9.40. The van der Waals surface area contributed by atoms with Crippen molar-refractivity contribution in [2.75, 3.05) is 6.54 Å². The van der Waals surface area contributed by atoms with E-state index >= 15 is 0 Å². The van der Waals surface area contributed by atoms with Gasteiger partial charge in [-0.1, -0.05) is 26.0 Å². The van der Waals surface area contributed by atoms with Crippen molar-refractivity contribution in [3.8, 4) is 0 Å². The maximum atomic E-state index is 5.75. The van der Waals surface area contributed by atoms with E-state index in [9.17, 15) is 0 Å². The first kappa shape index (κ1) is 19.5. The van der Waals surface area contributed by atoms with E-state index in [4.69, 9.17) is 5.73 Å². The van der Waals surface area contributed by atoms with Crippen molar-refractivity contribution in [2.45, 2.75) is 58.5 Å². The van der Waals surface area contributed by atoms with E-state index in [0.717, 1.165) is 37.9 Å². The number of nitrogens with one attached hydrogen (secondary N) is 1. The fourth-order valence-electron chi connectivity index (χ4n) is 3.19. The summed E-state index contributed by atoms with van der Waals surface area (Å²) in [5, 5.41) is 3.74. The predicted molar refractivity (Wildman–Crippen MR) is 104 cm³/mol. The average molecular weight is 341 g/mol. The number of rotatable bonds is 10. The molecule has 0 bridgehead atoms. The molecule has 2 heterocycles. The van der Waals surface area contributed by atoms with Gasteiger partial charge in [-0.2, -0.15) is 0 Å². The summed E-state index contributed by atoms with van der Waals surface area (Å²) in [6.45, 7) is 7.40. The highest BCUT2D eigenvalue weighted by Gasteiger charge is 2.17. The lowest BCUT2D eigenvalue weighted by molar-refractivity contribution is 0.412. The van der Waals surface area contributed by atoms with Crippen molar-refractivity contribution >= 4 is 0 Å². The molecule has 0 aliphatic carbocycles. The van der Waals surface area contributed by atoms with Gasteiger partial charge in [-0.05, 0) is 62.4 Å². The Kier molecular flexibility index (Phi) is 8.02. The second-order valence-corrected chi connectivity index (χ2v) is 7.18. The molecule has 0 aliphatic heterocycles. The molecule has 2 aromatic heterocycles. The van der Waals surface area contributed by atoms with E-state index in [1.54, 1.807) is 0 Å².